The van der Waals surface area contributed by atoms with Crippen molar-refractivity contribution in [2.24, 2.45) is 0 Å². The Morgan fingerprint density at radius 2 is 1.95 bits per heavy atom. The van der Waals surface area contributed by atoms with Crippen LogP contribution in [0.1, 0.15) is 17.6 Å². The van der Waals surface area contributed by atoms with Gasteiger partial charge in [0.05, 0.1) is 21.3 Å². The Labute approximate surface area is 127 Å². The zero-order valence-electron chi connectivity index (χ0n) is 11.7. The maximum Gasteiger partial charge on any atom is 0.213 e. The van der Waals surface area contributed by atoms with Gasteiger partial charge in [0.25, 0.3) is 0 Å². The lowest BCUT2D eigenvalue weighted by Crippen LogP contribution is -1.91. The predicted molar refractivity (Wildman–Crippen MR) is 88.1 cm³/mol. The summed E-state index contributed by atoms with van der Waals surface area (Å²) in [5.74, 6) is 0. The number of aryl methyl sites for hydroxylation is 2. The van der Waals surface area contributed by atoms with Crippen molar-refractivity contribution in [1.29, 1.82) is 0 Å². The molecule has 2 heterocycles. The highest BCUT2D eigenvalue weighted by Gasteiger charge is 2.10. The maximum absolute atomic E-state index is 10.2. The molecule has 0 fully saturated rings. The molecule has 1 N–H and O–H groups in total. The first-order chi connectivity index (χ1) is 9.62. The number of aromatic nitrogens is 2. The van der Waals surface area contributed by atoms with Gasteiger partial charge in [-0.2, -0.15) is 0 Å². The number of terminal acetylenes is 1. The molecule has 20 heavy (non-hydrogen) atoms. The van der Waals surface area contributed by atoms with Crippen LogP contribution >= 0.6 is 22.7 Å². The molecular weight excluding hydrogens is 290 g/mol. The second-order valence-electron chi connectivity index (χ2n) is 3.36. The first kappa shape index (κ1) is 18.0. The molecule has 0 atom stereocenters. The van der Waals surface area contributed by atoms with E-state index in [1.165, 1.54) is 11.3 Å². The first-order valence-electron chi connectivity index (χ1n) is 5.62. The van der Waals surface area contributed by atoms with Crippen LogP contribution in [-0.4, -0.2) is 16.4 Å². The lowest BCUT2D eigenvalue weighted by atomic mass is 10.3. The van der Waals surface area contributed by atoms with Crippen LogP contribution in [0.25, 0.3) is 10.6 Å². The maximum atomic E-state index is 10.2. The van der Waals surface area contributed by atoms with Crippen LogP contribution in [0.3, 0.4) is 0 Å². The minimum Gasteiger partial charge on any atom is -0.305 e. The van der Waals surface area contributed by atoms with E-state index in [1.807, 2.05) is 26.2 Å². The fourth-order valence-corrected chi connectivity index (χ4v) is 2.88. The van der Waals surface area contributed by atoms with Crippen molar-refractivity contribution in [2.45, 2.75) is 20.8 Å². The highest BCUT2D eigenvalue weighted by molar-refractivity contribution is 7.16. The second-order valence-corrected chi connectivity index (χ2v) is 5.42. The summed E-state index contributed by atoms with van der Waals surface area (Å²) < 4.78 is 0. The van der Waals surface area contributed by atoms with Crippen molar-refractivity contribution in [2.75, 3.05) is 5.32 Å². The molecule has 0 aliphatic heterocycles. The summed E-state index contributed by atoms with van der Waals surface area (Å²) >= 11 is 3.03. The number of carbonyl (C=O) groups excluding carboxylic acids is 1. The topological polar surface area (TPSA) is 54.9 Å². The molecule has 0 aliphatic rings. The third-order valence-electron chi connectivity index (χ3n) is 1.82. The normalized spacial score (nSPS) is 8.45. The van der Waals surface area contributed by atoms with E-state index in [4.69, 9.17) is 0 Å². The summed E-state index contributed by atoms with van der Waals surface area (Å²) in [5.41, 5.74) is 1.87. The summed E-state index contributed by atoms with van der Waals surface area (Å²) in [5, 5.41) is 6.10. The molecule has 0 unspecified atom stereocenters. The molecule has 0 aliphatic carbocycles. The van der Waals surface area contributed by atoms with Crippen molar-refractivity contribution in [1.82, 2.24) is 9.97 Å². The van der Waals surface area contributed by atoms with Gasteiger partial charge < -0.3 is 5.32 Å². The number of carbonyl (C=O) groups is 1. The lowest BCUT2D eigenvalue weighted by molar-refractivity contribution is -0.105. The molecule has 0 saturated heterocycles. The molecule has 6 heteroatoms. The van der Waals surface area contributed by atoms with E-state index in [1.54, 1.807) is 17.4 Å². The molecule has 0 bridgehead atoms. The lowest BCUT2D eigenvalue weighted by Gasteiger charge is -1.91. The van der Waals surface area contributed by atoms with Gasteiger partial charge >= 0.3 is 0 Å². The molecule has 4 nitrogen and oxygen atoms in total. The van der Waals surface area contributed by atoms with Gasteiger partial charge in [-0.3, -0.25) is 4.79 Å². The number of nitrogens with one attached hydrogen (secondary N) is 1. The van der Waals surface area contributed by atoms with Gasteiger partial charge in [0, 0.05) is 5.38 Å². The number of hydrogen-bond donors (Lipinski definition) is 1. The average Bonchev–Trinajstić information content (AvgIpc) is 3.00. The standard InChI is InChI=1S/C9H9N3OS2.C3H6.C2H2/c1-5-8(15-6(2)11-5)7-3-14-9(12-7)10-4-13;1-3-2;1-2/h3-4H,1-2H3,(H,10,12,13);3H,1H2,2H3;1-2H. The van der Waals surface area contributed by atoms with Crippen LogP contribution in [0, 0.1) is 26.7 Å². The molecular formula is C14H17N3OS2. The number of thiazole rings is 2. The molecule has 0 spiro atoms. The molecule has 0 radical (unpaired) electrons. The van der Waals surface area contributed by atoms with Crippen LogP contribution in [-0.2, 0) is 4.79 Å². The van der Waals surface area contributed by atoms with Gasteiger partial charge in [0.15, 0.2) is 5.13 Å². The largest absolute Gasteiger partial charge is 0.305 e. The van der Waals surface area contributed by atoms with Crippen LogP contribution in [0.5, 0.6) is 0 Å². The molecule has 2 aromatic heterocycles. The summed E-state index contributed by atoms with van der Waals surface area (Å²) in [4.78, 5) is 19.9. The molecule has 2 aromatic rings. The zero-order valence-corrected chi connectivity index (χ0v) is 13.3. The van der Waals surface area contributed by atoms with Crippen molar-refractivity contribution in [3.63, 3.8) is 0 Å². The number of hydrogen-bond acceptors (Lipinski definition) is 5. The van der Waals surface area contributed by atoms with Gasteiger partial charge in [0.1, 0.15) is 0 Å². The van der Waals surface area contributed by atoms with E-state index >= 15 is 0 Å². The van der Waals surface area contributed by atoms with Gasteiger partial charge in [0.2, 0.25) is 6.41 Å². The van der Waals surface area contributed by atoms with Crippen LogP contribution < -0.4 is 5.32 Å². The minimum absolute atomic E-state index is 0.616. The second kappa shape index (κ2) is 9.89. The first-order valence-corrected chi connectivity index (χ1v) is 7.32. The molecule has 1 amide bonds. The summed E-state index contributed by atoms with van der Waals surface area (Å²) in [7, 11) is 0. The van der Waals surface area contributed by atoms with Crippen LogP contribution in [0.15, 0.2) is 18.0 Å². The van der Waals surface area contributed by atoms with E-state index in [-0.39, 0.29) is 0 Å². The highest BCUT2D eigenvalue weighted by atomic mass is 32.1. The SMILES string of the molecule is C#C.C=CC.Cc1nc(C)c(-c2csc(NC=O)n2)s1. The number of rotatable bonds is 3. The number of amides is 1. The number of nitrogens with zero attached hydrogens (tertiary/aromatic N) is 2. The van der Waals surface area contributed by atoms with E-state index in [9.17, 15) is 4.79 Å². The average molecular weight is 307 g/mol. The molecule has 2 rings (SSSR count). The van der Waals surface area contributed by atoms with Gasteiger partial charge in [-0.25, -0.2) is 9.97 Å². The zero-order chi connectivity index (χ0) is 15.5. The Morgan fingerprint density at radius 1 is 1.35 bits per heavy atom. The van der Waals surface area contributed by atoms with Crippen molar-refractivity contribution < 1.29 is 4.79 Å². The predicted octanol–water partition coefficient (Wildman–Crippen LogP) is 3.89. The summed E-state index contributed by atoms with van der Waals surface area (Å²) in [6.07, 6.45) is 10.4. The molecule has 0 saturated carbocycles. The Balaban J connectivity index is 0.000000641. The third kappa shape index (κ3) is 5.34. The Kier molecular flexibility index (Phi) is 8.92. The summed E-state index contributed by atoms with van der Waals surface area (Å²) in [6, 6.07) is 0. The quantitative estimate of drug-likeness (QED) is 0.531. The fraction of sp³-hybridized carbons (Fsp3) is 0.214. The highest BCUT2D eigenvalue weighted by Crippen LogP contribution is 2.31. The van der Waals surface area contributed by atoms with Crippen LogP contribution in [0.4, 0.5) is 5.13 Å². The van der Waals surface area contributed by atoms with Crippen LogP contribution in [0.2, 0.25) is 0 Å². The smallest absolute Gasteiger partial charge is 0.213 e. The number of anilines is 1. The molecule has 0 aromatic carbocycles. The van der Waals surface area contributed by atoms with E-state index in [0.717, 1.165) is 21.3 Å². The Morgan fingerprint density at radius 3 is 2.40 bits per heavy atom. The van der Waals surface area contributed by atoms with Gasteiger partial charge in [-0.05, 0) is 20.8 Å². The van der Waals surface area contributed by atoms with Crippen molar-refractivity contribution in [3.8, 4) is 23.4 Å². The van der Waals surface area contributed by atoms with Gasteiger partial charge in [-0.15, -0.1) is 42.1 Å². The Hall–Kier alpha value is -1.97. The Bertz CT molecular complexity index is 570. The monoisotopic (exact) mass is 307 g/mol. The van der Waals surface area contributed by atoms with Crippen molar-refractivity contribution >= 4 is 34.2 Å². The fourth-order valence-electron chi connectivity index (χ4n) is 1.26. The minimum atomic E-state index is 0.616. The van der Waals surface area contributed by atoms with E-state index < -0.39 is 0 Å². The van der Waals surface area contributed by atoms with Gasteiger partial charge in [-0.1, -0.05) is 6.08 Å². The number of allylic oxidation sites excluding steroid dienone is 1. The van der Waals surface area contributed by atoms with E-state index in [2.05, 4.69) is 34.7 Å². The third-order valence-corrected chi connectivity index (χ3v) is 3.69. The summed E-state index contributed by atoms with van der Waals surface area (Å²) in [6.45, 7) is 9.18. The molecule has 106 valence electrons. The van der Waals surface area contributed by atoms with E-state index in [0.29, 0.717) is 11.5 Å². The van der Waals surface area contributed by atoms with Crippen molar-refractivity contribution in [3.05, 3.63) is 28.7 Å².